The van der Waals surface area contributed by atoms with Gasteiger partial charge in [-0.15, -0.1) is 12.4 Å². The maximum atomic E-state index is 13.6. The van der Waals surface area contributed by atoms with E-state index in [9.17, 15) is 9.18 Å². The molecule has 1 amide bonds. The van der Waals surface area contributed by atoms with Crippen LogP contribution in [0.15, 0.2) is 18.2 Å². The summed E-state index contributed by atoms with van der Waals surface area (Å²) in [6.07, 6.45) is 0.227. The Morgan fingerprint density at radius 3 is 2.90 bits per heavy atom. The molecule has 1 unspecified atom stereocenters. The van der Waals surface area contributed by atoms with E-state index in [0.717, 1.165) is 13.1 Å². The minimum atomic E-state index is -0.429. The molecule has 1 heterocycles. The molecule has 20 heavy (non-hydrogen) atoms. The maximum Gasteiger partial charge on any atom is 0.227 e. The van der Waals surface area contributed by atoms with E-state index in [0.29, 0.717) is 12.1 Å². The van der Waals surface area contributed by atoms with E-state index < -0.39 is 5.82 Å². The van der Waals surface area contributed by atoms with Crippen molar-refractivity contribution in [3.63, 3.8) is 0 Å². The molecule has 1 aromatic rings. The van der Waals surface area contributed by atoms with Gasteiger partial charge in [0.25, 0.3) is 0 Å². The van der Waals surface area contributed by atoms with E-state index in [1.54, 1.807) is 12.1 Å². The Bertz CT molecular complexity index is 470. The number of ether oxygens (including phenoxy) is 1. The summed E-state index contributed by atoms with van der Waals surface area (Å²) in [6, 6.07) is 4.83. The van der Waals surface area contributed by atoms with Gasteiger partial charge in [0.2, 0.25) is 5.91 Å². The van der Waals surface area contributed by atoms with Crippen molar-refractivity contribution in [1.29, 1.82) is 0 Å². The van der Waals surface area contributed by atoms with Gasteiger partial charge in [0.1, 0.15) is 0 Å². The molecule has 112 valence electrons. The fourth-order valence-corrected chi connectivity index (χ4v) is 2.31. The predicted molar refractivity (Wildman–Crippen MR) is 77.9 cm³/mol. The van der Waals surface area contributed by atoms with E-state index >= 15 is 0 Å². The van der Waals surface area contributed by atoms with Crippen molar-refractivity contribution in [2.45, 2.75) is 19.4 Å². The number of hydrogen-bond acceptors (Lipinski definition) is 3. The zero-order chi connectivity index (χ0) is 13.8. The van der Waals surface area contributed by atoms with Gasteiger partial charge < -0.3 is 15.0 Å². The average molecular weight is 303 g/mol. The molecule has 0 bridgehead atoms. The van der Waals surface area contributed by atoms with Crippen LogP contribution in [0.5, 0.6) is 5.75 Å². The van der Waals surface area contributed by atoms with Gasteiger partial charge >= 0.3 is 0 Å². The van der Waals surface area contributed by atoms with Gasteiger partial charge in [0.05, 0.1) is 13.5 Å². The van der Waals surface area contributed by atoms with Crippen LogP contribution in [0.1, 0.15) is 12.5 Å². The lowest BCUT2D eigenvalue weighted by Gasteiger charge is -2.34. The third-order valence-corrected chi connectivity index (χ3v) is 3.39. The quantitative estimate of drug-likeness (QED) is 0.922. The molecular weight excluding hydrogens is 283 g/mol. The summed E-state index contributed by atoms with van der Waals surface area (Å²) in [4.78, 5) is 14.0. The largest absolute Gasteiger partial charge is 0.494 e. The van der Waals surface area contributed by atoms with Crippen molar-refractivity contribution in [2.75, 3.05) is 26.7 Å². The highest BCUT2D eigenvalue weighted by Gasteiger charge is 2.23. The van der Waals surface area contributed by atoms with Crippen LogP contribution in [0.3, 0.4) is 0 Å². The first kappa shape index (κ1) is 16.7. The van der Waals surface area contributed by atoms with Crippen LogP contribution in [0.4, 0.5) is 4.39 Å². The lowest BCUT2D eigenvalue weighted by atomic mass is 10.1. The van der Waals surface area contributed by atoms with Crippen LogP contribution in [-0.4, -0.2) is 43.6 Å². The lowest BCUT2D eigenvalue weighted by Crippen LogP contribution is -2.52. The Morgan fingerprint density at radius 1 is 1.55 bits per heavy atom. The topological polar surface area (TPSA) is 41.6 Å². The summed E-state index contributed by atoms with van der Waals surface area (Å²) in [5, 5.41) is 3.24. The molecule has 0 spiro atoms. The lowest BCUT2D eigenvalue weighted by molar-refractivity contribution is -0.133. The molecule has 1 N–H and O–H groups in total. The molecule has 1 atom stereocenters. The molecule has 0 radical (unpaired) electrons. The molecule has 0 aliphatic carbocycles. The standard InChI is InChI=1S/C14H19FN2O2.ClH/c1-10-9-16-5-6-17(10)14(18)8-11-3-4-13(19-2)12(15)7-11;/h3-4,7,10,16H,5-6,8-9H2,1-2H3;1H. The first-order valence-electron chi connectivity index (χ1n) is 6.44. The Morgan fingerprint density at radius 2 is 2.30 bits per heavy atom. The molecule has 0 saturated carbocycles. The van der Waals surface area contributed by atoms with Gasteiger partial charge in [-0.05, 0) is 24.6 Å². The molecule has 0 aromatic heterocycles. The van der Waals surface area contributed by atoms with Crippen molar-refractivity contribution in [3.8, 4) is 5.75 Å². The van der Waals surface area contributed by atoms with Crippen molar-refractivity contribution < 1.29 is 13.9 Å². The molecule has 1 aliphatic heterocycles. The second-order valence-corrected chi connectivity index (χ2v) is 4.79. The van der Waals surface area contributed by atoms with Crippen molar-refractivity contribution >= 4 is 18.3 Å². The van der Waals surface area contributed by atoms with Crippen LogP contribution in [0, 0.1) is 5.82 Å². The number of methoxy groups -OCH3 is 1. The summed E-state index contributed by atoms with van der Waals surface area (Å²) in [6.45, 7) is 4.34. The minimum absolute atomic E-state index is 0. The highest BCUT2D eigenvalue weighted by Crippen LogP contribution is 2.18. The van der Waals surface area contributed by atoms with Gasteiger partial charge in [0.15, 0.2) is 11.6 Å². The number of nitrogens with one attached hydrogen (secondary N) is 1. The highest BCUT2D eigenvalue weighted by atomic mass is 35.5. The van der Waals surface area contributed by atoms with E-state index in [1.165, 1.54) is 13.2 Å². The first-order chi connectivity index (χ1) is 9.11. The predicted octanol–water partition coefficient (Wildman–Crippen LogP) is 1.62. The third-order valence-electron chi connectivity index (χ3n) is 3.39. The summed E-state index contributed by atoms with van der Waals surface area (Å²) < 4.78 is 18.4. The molecule has 1 saturated heterocycles. The van der Waals surface area contributed by atoms with Gasteiger partial charge in [-0.3, -0.25) is 4.79 Å². The number of carbonyl (C=O) groups excluding carboxylic acids is 1. The van der Waals surface area contributed by atoms with Crippen molar-refractivity contribution in [3.05, 3.63) is 29.6 Å². The fraction of sp³-hybridized carbons (Fsp3) is 0.500. The number of carbonyl (C=O) groups is 1. The first-order valence-corrected chi connectivity index (χ1v) is 6.44. The molecule has 4 nitrogen and oxygen atoms in total. The smallest absolute Gasteiger partial charge is 0.227 e. The van der Waals surface area contributed by atoms with Crippen molar-refractivity contribution in [2.24, 2.45) is 0 Å². The van der Waals surface area contributed by atoms with Gasteiger partial charge in [-0.1, -0.05) is 6.07 Å². The fourth-order valence-electron chi connectivity index (χ4n) is 2.31. The van der Waals surface area contributed by atoms with Crippen LogP contribution in [0.25, 0.3) is 0 Å². The number of rotatable bonds is 3. The second kappa shape index (κ2) is 7.45. The Hall–Kier alpha value is -1.33. The van der Waals surface area contributed by atoms with E-state index in [4.69, 9.17) is 4.74 Å². The van der Waals surface area contributed by atoms with E-state index in [2.05, 4.69) is 5.32 Å². The number of halogens is 2. The number of piperazine rings is 1. The zero-order valence-corrected chi connectivity index (χ0v) is 12.5. The number of hydrogen-bond donors (Lipinski definition) is 1. The summed E-state index contributed by atoms with van der Waals surface area (Å²) in [5.41, 5.74) is 0.675. The monoisotopic (exact) mass is 302 g/mol. The average Bonchev–Trinajstić information content (AvgIpc) is 2.39. The molecule has 1 aromatic carbocycles. The van der Waals surface area contributed by atoms with Crippen molar-refractivity contribution in [1.82, 2.24) is 10.2 Å². The summed E-state index contributed by atoms with van der Waals surface area (Å²) >= 11 is 0. The minimum Gasteiger partial charge on any atom is -0.494 e. The number of amides is 1. The SMILES string of the molecule is COc1ccc(CC(=O)N2CCNCC2C)cc1F.Cl. The third kappa shape index (κ3) is 3.84. The van der Waals surface area contributed by atoms with Gasteiger partial charge in [-0.2, -0.15) is 0 Å². The van der Waals surface area contributed by atoms with E-state index in [1.807, 2.05) is 11.8 Å². The number of nitrogens with zero attached hydrogens (tertiary/aromatic N) is 1. The highest BCUT2D eigenvalue weighted by molar-refractivity contribution is 5.85. The molecular formula is C14H20ClFN2O2. The summed E-state index contributed by atoms with van der Waals surface area (Å²) in [7, 11) is 1.42. The summed E-state index contributed by atoms with van der Waals surface area (Å²) in [5.74, 6) is -0.188. The molecule has 6 heteroatoms. The maximum absolute atomic E-state index is 13.6. The Labute approximate surface area is 124 Å². The van der Waals surface area contributed by atoms with Crippen LogP contribution in [-0.2, 0) is 11.2 Å². The van der Waals surface area contributed by atoms with E-state index in [-0.39, 0.29) is 36.5 Å². The van der Waals surface area contributed by atoms with Gasteiger partial charge in [0, 0.05) is 25.7 Å². The zero-order valence-electron chi connectivity index (χ0n) is 11.7. The van der Waals surface area contributed by atoms with Crippen LogP contribution in [0.2, 0.25) is 0 Å². The molecule has 2 rings (SSSR count). The number of benzene rings is 1. The molecule has 1 fully saturated rings. The molecule has 1 aliphatic rings. The Kier molecular flexibility index (Phi) is 6.23. The van der Waals surface area contributed by atoms with Crippen LogP contribution < -0.4 is 10.1 Å². The van der Waals surface area contributed by atoms with Crippen LogP contribution >= 0.6 is 12.4 Å². The van der Waals surface area contributed by atoms with Gasteiger partial charge in [-0.25, -0.2) is 4.39 Å². The second-order valence-electron chi connectivity index (χ2n) is 4.79. The Balaban J connectivity index is 0.00000200. The normalized spacial score (nSPS) is 18.4.